The quantitative estimate of drug-likeness (QED) is 0.0400. The molecular weight excluding hydrogens is 1900 g/mol. The van der Waals surface area contributed by atoms with Crippen molar-refractivity contribution in [2.45, 2.75) is 144 Å². The fourth-order valence-electron chi connectivity index (χ4n) is 22.1. The van der Waals surface area contributed by atoms with Gasteiger partial charge >= 0.3 is 11.9 Å². The number of hydrogen-bond donors (Lipinski definition) is 12. The number of nitrogen functional groups attached to an aromatic ring is 5. The van der Waals surface area contributed by atoms with Crippen molar-refractivity contribution in [1.29, 1.82) is 0 Å². The number of nitrogens with zero attached hydrogens (tertiary/aromatic N) is 18. The molecule has 27 rings (SSSR count). The Morgan fingerprint density at radius 1 is 0.376 bits per heavy atom. The van der Waals surface area contributed by atoms with Crippen LogP contribution in [0.1, 0.15) is 168 Å². The molecule has 1 aliphatic heterocycles. The molecule has 17 N–H and O–H groups in total. The number of aromatic nitrogens is 22. The number of aromatic amines is 5. The summed E-state index contributed by atoms with van der Waals surface area (Å²) in [4.78, 5) is 108. The highest BCUT2D eigenvalue weighted by Crippen LogP contribution is 2.47. The SMILES string of the molecule is COC(=O)C1CCC(c2nc(-c3cc4ccccc4[nH]3)c3c(N)nccn23)CC1.Nc1nccn2c(C3CCC(C(=O)Nc4cccnc4)CC3)nc(-c3cc4ccccc4[nH]3)c12.Nc1nccn2c(C3CCC(C(=O)O)CC3)nc(-c3cc4ccccc4[nH]3)c12.Nc1nccn2c(C3CCC3)nc(-c3cc4cccnc4[nH]3)c12.Nc1nccn2c(C3CCN(S(=O)(=O)c4cccc(F)c4)CC3)nc(-c3cc4ccccc4[nH]3)c12. The molecule has 0 radical (unpaired) electrons. The van der Waals surface area contributed by atoms with Crippen molar-refractivity contribution in [2.75, 3.05) is 54.2 Å². The van der Waals surface area contributed by atoms with E-state index in [-0.39, 0.29) is 58.2 Å². The number of ether oxygens (including phenoxy) is 1. The molecule has 149 heavy (non-hydrogen) atoms. The number of imidazole rings is 5. The Morgan fingerprint density at radius 2 is 0.718 bits per heavy atom. The number of anilines is 6. The van der Waals surface area contributed by atoms with E-state index in [2.05, 4.69) is 127 Å². The Morgan fingerprint density at radius 3 is 1.06 bits per heavy atom. The number of hydrogen-bond acceptors (Lipinski definition) is 23. The van der Waals surface area contributed by atoms with Gasteiger partial charge in [0.1, 0.15) is 126 Å². The largest absolute Gasteiger partial charge is 0.481 e. The minimum atomic E-state index is -3.76. The van der Waals surface area contributed by atoms with Gasteiger partial charge in [0.15, 0.2) is 0 Å². The average Bonchev–Trinajstić information content (AvgIpc) is 1.60. The van der Waals surface area contributed by atoms with E-state index in [0.29, 0.717) is 73.8 Å². The van der Waals surface area contributed by atoms with Gasteiger partial charge in [-0.05, 0) is 200 Å². The maximum absolute atomic E-state index is 13.6. The molecule has 0 atom stereocenters. The first-order chi connectivity index (χ1) is 72.7. The van der Waals surface area contributed by atoms with Crippen LogP contribution in [-0.4, -0.2) is 163 Å². The van der Waals surface area contributed by atoms with Crippen LogP contribution in [0, 0.1) is 23.6 Å². The molecule has 1 saturated heterocycles. The molecule has 17 aromatic heterocycles. The van der Waals surface area contributed by atoms with Gasteiger partial charge in [-0.15, -0.1) is 0 Å². The van der Waals surface area contributed by atoms with E-state index < -0.39 is 21.8 Å². The number of rotatable bonds is 16. The van der Waals surface area contributed by atoms with Crippen molar-refractivity contribution in [2.24, 2.45) is 17.8 Å². The number of pyridine rings is 2. The van der Waals surface area contributed by atoms with Crippen molar-refractivity contribution in [3.05, 3.63) is 291 Å². The third-order valence-corrected chi connectivity index (χ3v) is 31.9. The van der Waals surface area contributed by atoms with Gasteiger partial charge in [0, 0.05) is 172 Å². The fraction of sp³-hybridized carbons (Fsp3) is 0.252. The summed E-state index contributed by atoms with van der Waals surface area (Å²) in [5.41, 5.74) is 49.6. The maximum Gasteiger partial charge on any atom is 0.308 e. The van der Waals surface area contributed by atoms with E-state index in [1.165, 1.54) is 48.9 Å². The monoisotopic (exact) mass is 2010 g/mol. The lowest BCUT2D eigenvalue weighted by atomic mass is 9.81. The van der Waals surface area contributed by atoms with Gasteiger partial charge in [-0.2, -0.15) is 4.31 Å². The van der Waals surface area contributed by atoms with Crippen LogP contribution in [0.3, 0.4) is 0 Å². The number of methoxy groups -OCH3 is 1. The molecule has 38 heteroatoms. The first-order valence-electron chi connectivity index (χ1n) is 50.3. The zero-order chi connectivity index (χ0) is 102. The van der Waals surface area contributed by atoms with Gasteiger partial charge in [0.2, 0.25) is 15.9 Å². The summed E-state index contributed by atoms with van der Waals surface area (Å²) in [7, 11) is -2.30. The first-order valence-corrected chi connectivity index (χ1v) is 51.8. The number of esters is 1. The van der Waals surface area contributed by atoms with Crippen LogP contribution in [0.5, 0.6) is 0 Å². The second-order valence-electron chi connectivity index (χ2n) is 39.0. The number of carbonyl (C=O) groups is 3. The number of sulfonamides is 1. The van der Waals surface area contributed by atoms with Crippen LogP contribution in [0.25, 0.3) is 139 Å². The molecule has 0 bridgehead atoms. The topological polar surface area (TPSA) is 516 Å². The van der Waals surface area contributed by atoms with E-state index in [9.17, 15) is 32.3 Å². The van der Waals surface area contributed by atoms with E-state index in [1.54, 1.807) is 49.6 Å². The molecule has 0 unspecified atom stereocenters. The highest BCUT2D eigenvalue weighted by molar-refractivity contribution is 7.89. The number of aliphatic carboxylic acids is 1. The third kappa shape index (κ3) is 18.5. The fourth-order valence-corrected chi connectivity index (χ4v) is 23.6. The number of benzene rings is 5. The number of carboxylic acid groups (broad SMARTS) is 1. The average molecular weight is 2010 g/mol. The number of nitrogens with one attached hydrogen (secondary N) is 6. The molecule has 1 amide bonds. The molecule has 4 aliphatic carbocycles. The van der Waals surface area contributed by atoms with Crippen LogP contribution in [0.2, 0.25) is 0 Å². The normalized spacial score (nSPS) is 17.8. The predicted octanol–water partition coefficient (Wildman–Crippen LogP) is 19.8. The summed E-state index contributed by atoms with van der Waals surface area (Å²) in [5.74, 6) is 6.73. The molecule has 5 aromatic carbocycles. The molecule has 0 spiro atoms. The smallest absolute Gasteiger partial charge is 0.308 e. The van der Waals surface area contributed by atoms with Crippen molar-refractivity contribution in [1.82, 2.24) is 111 Å². The zero-order valence-electron chi connectivity index (χ0n) is 81.4. The van der Waals surface area contributed by atoms with Crippen LogP contribution >= 0.6 is 0 Å². The number of para-hydroxylation sites is 4. The Kier molecular flexibility index (Phi) is 25.6. The molecule has 4 saturated carbocycles. The standard InChI is InChI=1S/C26H25N7O.C25H23FN6O2S.C22H23N5O2.C21H21N5O2.C17H16N6/c27-24-23-22(21-14-18-4-1-2-6-20(18)31-21)32-25(33(23)13-12-29-24)16-7-9-17(10-8-16)26(34)30-19-5-3-11-28-15-19;26-18-5-3-6-19(15-18)35(33,34)31-11-8-16(9-12-31)25-30-22(23-24(27)28-10-13-32(23)25)21-14-17-4-1-2-7-20(17)29-21;1-29-22(28)14-8-6-13(7-9-14)21-26-18(19-20(23)24-10-11-27(19)21)17-12-15-4-2-3-5-16(15)25-17;22-19-18-17(16-11-14-3-1-2-4-15(14)24-16)25-20(26(18)10-9-23-19)12-5-7-13(8-6-12)21(27)28;18-15-14-13(12-9-11-5-2-6-20-16(11)21-12)22-17(10-3-1-4-10)23(14)8-7-19-15/h1-6,11-17,31H,7-10H2,(H2,27,29)(H,30,34);1-7,10,13-16,29H,8-9,11-12H2,(H2,27,28);2-5,10-14,25H,6-9H2,1H3,(H2,23,24);1-4,9-13,24H,5-8H2,(H2,22,23)(H,27,28);2,5-10H,1,3-4H2,(H2,18,19)(H,20,21). The Labute approximate surface area is 851 Å². The Hall–Kier alpha value is -17.6. The van der Waals surface area contributed by atoms with Crippen LogP contribution < -0.4 is 34.0 Å². The Balaban J connectivity index is 0.000000103. The minimum Gasteiger partial charge on any atom is -0.481 e. The van der Waals surface area contributed by atoms with Gasteiger partial charge in [-0.25, -0.2) is 67.6 Å². The molecule has 18 heterocycles. The summed E-state index contributed by atoms with van der Waals surface area (Å²) in [6, 6.07) is 55.6. The number of amides is 1. The van der Waals surface area contributed by atoms with E-state index in [1.807, 2.05) is 143 Å². The lowest BCUT2D eigenvalue weighted by Crippen LogP contribution is -2.38. The van der Waals surface area contributed by atoms with E-state index in [0.717, 1.165) is 244 Å². The zero-order valence-corrected chi connectivity index (χ0v) is 82.2. The predicted molar refractivity (Wildman–Crippen MR) is 572 cm³/mol. The lowest BCUT2D eigenvalue weighted by Gasteiger charge is -2.30. The summed E-state index contributed by atoms with van der Waals surface area (Å²) in [6.07, 6.45) is 37.8. The van der Waals surface area contributed by atoms with Gasteiger partial charge in [0.05, 0.1) is 64.2 Å². The highest BCUT2D eigenvalue weighted by atomic mass is 32.2. The van der Waals surface area contributed by atoms with Gasteiger partial charge in [-0.1, -0.05) is 85.3 Å². The third-order valence-electron chi connectivity index (χ3n) is 30.0. The number of H-pyrrole nitrogens is 5. The van der Waals surface area contributed by atoms with Crippen LogP contribution in [0.4, 0.5) is 39.2 Å². The first kappa shape index (κ1) is 95.0. The van der Waals surface area contributed by atoms with Gasteiger partial charge in [0.25, 0.3) is 0 Å². The van der Waals surface area contributed by atoms with Gasteiger partial charge in [-0.3, -0.25) is 41.4 Å². The summed E-state index contributed by atoms with van der Waals surface area (Å²) in [6.45, 7) is 0.640. The number of piperidine rings is 1. The number of nitrogens with two attached hydrogens (primary N) is 5. The Bertz CT molecular complexity index is 8760. The van der Waals surface area contributed by atoms with Crippen molar-refractivity contribution in [3.63, 3.8) is 0 Å². The second kappa shape index (κ2) is 40.1. The summed E-state index contributed by atoms with van der Waals surface area (Å²) in [5, 5.41) is 17.8. The summed E-state index contributed by atoms with van der Waals surface area (Å²) >= 11 is 0. The van der Waals surface area contributed by atoms with Crippen molar-refractivity contribution < 1.29 is 37.0 Å². The second-order valence-corrected chi connectivity index (χ2v) is 40.9. The van der Waals surface area contributed by atoms with Crippen molar-refractivity contribution >= 4 is 145 Å². The van der Waals surface area contributed by atoms with Crippen LogP contribution in [-0.2, 0) is 29.1 Å². The molecule has 22 aromatic rings. The molecule has 5 aliphatic rings. The molecule has 36 nitrogen and oxygen atoms in total. The number of carbonyl (C=O) groups excluding carboxylic acids is 2. The minimum absolute atomic E-state index is 0.0115. The van der Waals surface area contributed by atoms with E-state index in [4.69, 9.17) is 58.3 Å². The molecule has 5 fully saturated rings. The number of halogens is 1. The summed E-state index contributed by atoms with van der Waals surface area (Å²) < 4.78 is 56.2. The maximum atomic E-state index is 13.6. The molecular formula is C111H108FN29O7S. The molecule has 752 valence electrons. The van der Waals surface area contributed by atoms with Crippen molar-refractivity contribution in [3.8, 4) is 56.9 Å². The van der Waals surface area contributed by atoms with Crippen LogP contribution in [0.15, 0.2) is 261 Å². The number of fused-ring (bicyclic) bond motifs is 10. The lowest BCUT2D eigenvalue weighted by molar-refractivity contribution is -0.146. The highest BCUT2D eigenvalue weighted by Gasteiger charge is 2.38. The number of carboxylic acids is 1. The van der Waals surface area contributed by atoms with E-state index >= 15 is 0 Å². The van der Waals surface area contributed by atoms with Gasteiger partial charge < -0.3 is 68.7 Å².